The lowest BCUT2D eigenvalue weighted by molar-refractivity contribution is -0.129. The average molecular weight is 326 g/mol. The molecule has 0 saturated carbocycles. The van der Waals surface area contributed by atoms with Crippen LogP contribution >= 0.6 is 34.4 Å². The summed E-state index contributed by atoms with van der Waals surface area (Å²) in [5, 5.41) is 13.8. The van der Waals surface area contributed by atoms with Gasteiger partial charge in [-0.15, -0.1) is 21.5 Å². The lowest BCUT2D eigenvalue weighted by atomic mass is 10.1. The van der Waals surface area contributed by atoms with Crippen molar-refractivity contribution in [2.24, 2.45) is 0 Å². The number of rotatable bonds is 4. The molecule has 20 heavy (non-hydrogen) atoms. The summed E-state index contributed by atoms with van der Waals surface area (Å²) in [5.74, 6) is 0.603. The third-order valence-electron chi connectivity index (χ3n) is 3.10. The Morgan fingerprint density at radius 1 is 1.55 bits per heavy atom. The van der Waals surface area contributed by atoms with Gasteiger partial charge in [0.05, 0.1) is 5.75 Å². The van der Waals surface area contributed by atoms with E-state index in [1.165, 1.54) is 33.5 Å². The Kier molecular flexibility index (Phi) is 4.23. The first-order valence-electron chi connectivity index (χ1n) is 6.23. The first-order chi connectivity index (χ1) is 9.76. The minimum atomic E-state index is 0.174. The Labute approximate surface area is 129 Å². The van der Waals surface area contributed by atoms with Crippen molar-refractivity contribution in [3.05, 3.63) is 21.9 Å². The van der Waals surface area contributed by atoms with Crippen LogP contribution in [0.3, 0.4) is 0 Å². The number of nitrogens with one attached hydrogen (secondary N) is 1. The highest BCUT2D eigenvalue weighted by atomic mass is 32.2. The van der Waals surface area contributed by atoms with E-state index in [0.29, 0.717) is 5.75 Å². The van der Waals surface area contributed by atoms with Gasteiger partial charge in [0, 0.05) is 25.0 Å². The molecule has 1 aliphatic rings. The number of aromatic nitrogens is 2. The van der Waals surface area contributed by atoms with E-state index in [1.807, 2.05) is 11.9 Å². The van der Waals surface area contributed by atoms with Gasteiger partial charge in [0.2, 0.25) is 11.0 Å². The summed E-state index contributed by atoms with van der Waals surface area (Å²) in [4.78, 5) is 15.6. The maximum absolute atomic E-state index is 12.2. The summed E-state index contributed by atoms with van der Waals surface area (Å²) in [6, 6.07) is 2.12. The van der Waals surface area contributed by atoms with Gasteiger partial charge < -0.3 is 10.2 Å². The molecule has 8 heteroatoms. The van der Waals surface area contributed by atoms with Crippen molar-refractivity contribution >= 4 is 45.5 Å². The monoisotopic (exact) mass is 326 g/mol. The molecule has 5 nitrogen and oxygen atoms in total. The number of amides is 1. The molecule has 1 N–H and O–H groups in total. The van der Waals surface area contributed by atoms with E-state index in [2.05, 4.69) is 27.0 Å². The fourth-order valence-corrected chi connectivity index (χ4v) is 4.54. The normalized spacial score (nSPS) is 14.2. The molecule has 0 spiro atoms. The van der Waals surface area contributed by atoms with Gasteiger partial charge in [-0.3, -0.25) is 4.79 Å². The van der Waals surface area contributed by atoms with E-state index >= 15 is 0 Å². The molecule has 106 valence electrons. The number of carbonyl (C=O) groups excluding carboxylic acids is 1. The van der Waals surface area contributed by atoms with Crippen LogP contribution in [0.25, 0.3) is 0 Å². The van der Waals surface area contributed by atoms with Crippen LogP contribution in [0.2, 0.25) is 0 Å². The predicted molar refractivity (Wildman–Crippen MR) is 83.6 cm³/mol. The number of nitrogens with zero attached hydrogens (tertiary/aromatic N) is 3. The molecule has 2 aromatic rings. The molecule has 0 radical (unpaired) electrons. The molecular weight excluding hydrogens is 312 g/mol. The number of fused-ring (bicyclic) bond motifs is 1. The highest BCUT2D eigenvalue weighted by molar-refractivity contribution is 8.01. The van der Waals surface area contributed by atoms with Gasteiger partial charge in [0.1, 0.15) is 0 Å². The fraction of sp³-hybridized carbons (Fsp3) is 0.417. The lowest BCUT2D eigenvalue weighted by Crippen LogP contribution is -2.36. The van der Waals surface area contributed by atoms with Crippen molar-refractivity contribution in [3.8, 4) is 0 Å². The second kappa shape index (κ2) is 6.11. The highest BCUT2D eigenvalue weighted by Crippen LogP contribution is 2.27. The van der Waals surface area contributed by atoms with Crippen LogP contribution in [0.4, 0.5) is 5.13 Å². The maximum atomic E-state index is 12.2. The Balaban J connectivity index is 1.55. The van der Waals surface area contributed by atoms with Crippen molar-refractivity contribution in [2.45, 2.75) is 17.3 Å². The highest BCUT2D eigenvalue weighted by Gasteiger charge is 2.21. The number of thiophene rings is 1. The molecule has 2 aromatic heterocycles. The van der Waals surface area contributed by atoms with E-state index in [0.717, 1.165) is 29.0 Å². The van der Waals surface area contributed by atoms with Gasteiger partial charge in [-0.25, -0.2) is 0 Å². The van der Waals surface area contributed by atoms with Gasteiger partial charge in [-0.2, -0.15) is 0 Å². The van der Waals surface area contributed by atoms with Crippen LogP contribution in [0.15, 0.2) is 15.8 Å². The van der Waals surface area contributed by atoms with Gasteiger partial charge in [-0.1, -0.05) is 23.1 Å². The molecule has 0 unspecified atom stereocenters. The largest absolute Gasteiger partial charge is 0.363 e. The van der Waals surface area contributed by atoms with Crippen LogP contribution in [0.1, 0.15) is 10.4 Å². The Hall–Kier alpha value is -1.12. The summed E-state index contributed by atoms with van der Waals surface area (Å²) in [5.41, 5.74) is 1.30. The lowest BCUT2D eigenvalue weighted by Gasteiger charge is -2.26. The van der Waals surface area contributed by atoms with Crippen molar-refractivity contribution in [1.82, 2.24) is 15.1 Å². The molecule has 0 aliphatic carbocycles. The SMILES string of the molecule is CNc1nnc(SCC(=O)N2CCc3sccc3C2)s1. The summed E-state index contributed by atoms with van der Waals surface area (Å²) in [7, 11) is 1.81. The first-order valence-corrected chi connectivity index (χ1v) is 8.91. The minimum Gasteiger partial charge on any atom is -0.363 e. The van der Waals surface area contributed by atoms with Gasteiger partial charge in [0.25, 0.3) is 0 Å². The number of carbonyl (C=O) groups is 1. The molecule has 1 amide bonds. The Bertz CT molecular complexity index is 609. The van der Waals surface area contributed by atoms with E-state index in [-0.39, 0.29) is 5.91 Å². The fourth-order valence-electron chi connectivity index (χ4n) is 2.05. The molecule has 0 fully saturated rings. The van der Waals surface area contributed by atoms with E-state index in [9.17, 15) is 4.79 Å². The zero-order chi connectivity index (χ0) is 13.9. The van der Waals surface area contributed by atoms with Gasteiger partial charge >= 0.3 is 0 Å². The van der Waals surface area contributed by atoms with Gasteiger partial charge in [-0.05, 0) is 23.4 Å². The van der Waals surface area contributed by atoms with Crippen LogP contribution in [-0.2, 0) is 17.8 Å². The van der Waals surface area contributed by atoms with Crippen molar-refractivity contribution < 1.29 is 4.79 Å². The summed E-state index contributed by atoms with van der Waals surface area (Å²) < 4.78 is 0.830. The molecule has 0 saturated heterocycles. The molecule has 0 aromatic carbocycles. The summed E-state index contributed by atoms with van der Waals surface area (Å²) in [6.45, 7) is 1.57. The van der Waals surface area contributed by atoms with E-state index in [4.69, 9.17) is 0 Å². The zero-order valence-corrected chi connectivity index (χ0v) is 13.4. The summed E-state index contributed by atoms with van der Waals surface area (Å²) >= 11 is 4.72. The second-order valence-electron chi connectivity index (χ2n) is 4.35. The first kappa shape index (κ1) is 13.8. The number of hydrogen-bond donors (Lipinski definition) is 1. The molecule has 0 bridgehead atoms. The number of thioether (sulfide) groups is 1. The Morgan fingerprint density at radius 3 is 3.25 bits per heavy atom. The number of anilines is 1. The Morgan fingerprint density at radius 2 is 2.45 bits per heavy atom. The van der Waals surface area contributed by atoms with Crippen LogP contribution in [0, 0.1) is 0 Å². The topological polar surface area (TPSA) is 58.1 Å². The molecule has 3 heterocycles. The van der Waals surface area contributed by atoms with Gasteiger partial charge in [0.15, 0.2) is 4.34 Å². The zero-order valence-electron chi connectivity index (χ0n) is 11.0. The minimum absolute atomic E-state index is 0.174. The van der Waals surface area contributed by atoms with Crippen molar-refractivity contribution in [2.75, 3.05) is 24.7 Å². The maximum Gasteiger partial charge on any atom is 0.233 e. The van der Waals surface area contributed by atoms with Crippen LogP contribution in [-0.4, -0.2) is 40.3 Å². The number of hydrogen-bond acceptors (Lipinski definition) is 7. The molecule has 3 rings (SSSR count). The molecule has 1 aliphatic heterocycles. The third kappa shape index (κ3) is 2.97. The van der Waals surface area contributed by atoms with Crippen molar-refractivity contribution in [1.29, 1.82) is 0 Å². The average Bonchev–Trinajstić information content (AvgIpc) is 3.12. The van der Waals surface area contributed by atoms with Crippen LogP contribution < -0.4 is 5.32 Å². The van der Waals surface area contributed by atoms with E-state index < -0.39 is 0 Å². The quantitative estimate of drug-likeness (QED) is 0.874. The third-order valence-corrected chi connectivity index (χ3v) is 6.18. The molecule has 0 atom stereocenters. The van der Waals surface area contributed by atoms with Crippen molar-refractivity contribution in [3.63, 3.8) is 0 Å². The second-order valence-corrected chi connectivity index (χ2v) is 7.55. The summed E-state index contributed by atoms with van der Waals surface area (Å²) in [6.07, 6.45) is 0.978. The standard InChI is InChI=1S/C12H14N4OS3/c1-13-11-14-15-12(20-11)19-7-10(17)16-4-2-9-8(6-16)3-5-18-9/h3,5H,2,4,6-7H2,1H3,(H,13,14). The predicted octanol–water partition coefficient (Wildman–Crippen LogP) is 2.32. The smallest absolute Gasteiger partial charge is 0.233 e. The molecular formula is C12H14N4OS3. The van der Waals surface area contributed by atoms with Crippen LogP contribution in [0.5, 0.6) is 0 Å². The van der Waals surface area contributed by atoms with E-state index in [1.54, 1.807) is 11.3 Å².